The van der Waals surface area contributed by atoms with Crippen molar-refractivity contribution in [2.75, 3.05) is 0 Å². The number of carbonyl (C=O) groups is 1. The molecule has 0 unspecified atom stereocenters. The number of aromatic nitrogens is 3. The molecule has 1 heterocycles. The molecule has 0 saturated carbocycles. The lowest BCUT2D eigenvalue weighted by Crippen LogP contribution is -2.33. The minimum absolute atomic E-state index is 0.208. The van der Waals surface area contributed by atoms with Crippen LogP contribution in [0.4, 0.5) is 13.2 Å². The number of aliphatic carboxylic acids is 1. The van der Waals surface area contributed by atoms with E-state index in [-0.39, 0.29) is 5.69 Å². The van der Waals surface area contributed by atoms with Gasteiger partial charge in [-0.3, -0.25) is 0 Å². The van der Waals surface area contributed by atoms with E-state index in [9.17, 15) is 27.9 Å². The van der Waals surface area contributed by atoms with Crippen LogP contribution in [0, 0.1) is 0 Å². The van der Waals surface area contributed by atoms with Crippen molar-refractivity contribution in [1.82, 2.24) is 14.3 Å². The van der Waals surface area contributed by atoms with E-state index >= 15 is 0 Å². The Bertz CT molecular complexity index is 703. The summed E-state index contributed by atoms with van der Waals surface area (Å²) in [6, 6.07) is 4.44. The summed E-state index contributed by atoms with van der Waals surface area (Å²) in [5.41, 5.74) is -0.553. The highest BCUT2D eigenvalue weighted by Gasteiger charge is 2.30. The first kappa shape index (κ1) is 14.6. The molecule has 112 valence electrons. The number of carbonyl (C=O) groups excluding carboxylic acids is 1. The van der Waals surface area contributed by atoms with E-state index in [4.69, 9.17) is 0 Å². The number of nitrogens with zero attached hydrogens (tertiary/aromatic N) is 3. The number of carboxylic acid groups (broad SMARTS) is 1. The molecule has 0 saturated heterocycles. The second-order valence-corrected chi connectivity index (χ2v) is 3.85. The molecular weight excluding hydrogens is 295 g/mol. The number of carboxylic acids is 1. The maximum atomic E-state index is 12.0. The van der Waals surface area contributed by atoms with Crippen LogP contribution in [-0.4, -0.2) is 26.7 Å². The summed E-state index contributed by atoms with van der Waals surface area (Å²) in [7, 11) is 0. The normalized spacial score (nSPS) is 11.4. The number of hydrogen-bond acceptors (Lipinski definition) is 5. The van der Waals surface area contributed by atoms with Gasteiger partial charge in [0.1, 0.15) is 12.1 Å². The molecule has 2 rings (SSSR count). The highest BCUT2D eigenvalue weighted by Crippen LogP contribution is 2.23. The van der Waals surface area contributed by atoms with Crippen LogP contribution in [0.5, 0.6) is 5.75 Å². The van der Waals surface area contributed by atoms with Crippen molar-refractivity contribution in [2.45, 2.75) is 12.9 Å². The van der Waals surface area contributed by atoms with E-state index in [2.05, 4.69) is 9.84 Å². The Labute approximate surface area is 114 Å². The average molecular weight is 302 g/mol. The number of ether oxygens (including phenoxy) is 1. The maximum Gasteiger partial charge on any atom is 0.573 e. The maximum absolute atomic E-state index is 12.0. The fourth-order valence-electron chi connectivity index (χ4n) is 1.55. The summed E-state index contributed by atoms with van der Waals surface area (Å²) in [5, 5.41) is 14.0. The van der Waals surface area contributed by atoms with Crippen molar-refractivity contribution in [2.24, 2.45) is 0 Å². The van der Waals surface area contributed by atoms with Crippen LogP contribution < -0.4 is 15.5 Å². The number of benzene rings is 1. The molecule has 0 N–H and O–H groups in total. The average Bonchev–Trinajstić information content (AvgIpc) is 2.70. The van der Waals surface area contributed by atoms with Crippen LogP contribution in [0.1, 0.15) is 0 Å². The second-order valence-electron chi connectivity index (χ2n) is 3.85. The summed E-state index contributed by atoms with van der Waals surface area (Å²) in [6.45, 7) is -0.721. The molecular formula is C11H7F3N3O4-. The molecule has 0 bridgehead atoms. The van der Waals surface area contributed by atoms with Crippen LogP contribution in [-0.2, 0) is 11.3 Å². The molecule has 10 heteroatoms. The standard InChI is InChI=1S/C11H8F3N3O4/c12-11(13,14)21-8-3-1-7(2-4-8)16-6-15-17(10(16)20)5-9(18)19/h1-4,6H,5H2,(H,18,19)/p-1. The Kier molecular flexibility index (Phi) is 3.70. The molecule has 7 nitrogen and oxygen atoms in total. The molecule has 0 aliphatic carbocycles. The molecule has 21 heavy (non-hydrogen) atoms. The first-order chi connectivity index (χ1) is 9.76. The topological polar surface area (TPSA) is 89.2 Å². The van der Waals surface area contributed by atoms with E-state index < -0.39 is 30.3 Å². The van der Waals surface area contributed by atoms with Gasteiger partial charge in [-0.25, -0.2) is 14.0 Å². The summed E-state index contributed by atoms with van der Waals surface area (Å²) in [6.07, 6.45) is -3.76. The number of rotatable bonds is 4. The van der Waals surface area contributed by atoms with Crippen molar-refractivity contribution in [3.05, 3.63) is 41.1 Å². The Morgan fingerprint density at radius 2 is 1.90 bits per heavy atom. The molecule has 1 aromatic heterocycles. The van der Waals surface area contributed by atoms with Crippen molar-refractivity contribution in [3.8, 4) is 11.4 Å². The zero-order valence-electron chi connectivity index (χ0n) is 10.2. The van der Waals surface area contributed by atoms with Crippen molar-refractivity contribution >= 4 is 5.97 Å². The SMILES string of the molecule is O=C([O-])Cn1ncn(-c2ccc(OC(F)(F)F)cc2)c1=O. The van der Waals surface area contributed by atoms with E-state index in [1.54, 1.807) is 0 Å². The summed E-state index contributed by atoms with van der Waals surface area (Å²) < 4.78 is 41.3. The van der Waals surface area contributed by atoms with Gasteiger partial charge in [-0.15, -0.1) is 13.2 Å². The molecule has 0 amide bonds. The van der Waals surface area contributed by atoms with Crippen molar-refractivity contribution < 1.29 is 27.8 Å². The van der Waals surface area contributed by atoms with Crippen molar-refractivity contribution in [3.63, 3.8) is 0 Å². The predicted octanol–water partition coefficient (Wildman–Crippen LogP) is -0.317. The second kappa shape index (κ2) is 5.31. The third-order valence-corrected chi connectivity index (χ3v) is 2.36. The van der Waals surface area contributed by atoms with Gasteiger partial charge in [-0.1, -0.05) is 0 Å². The van der Waals surface area contributed by atoms with Gasteiger partial charge < -0.3 is 14.6 Å². The van der Waals surface area contributed by atoms with Crippen LogP contribution in [0.25, 0.3) is 5.69 Å². The monoisotopic (exact) mass is 302 g/mol. The van der Waals surface area contributed by atoms with Gasteiger partial charge >= 0.3 is 12.1 Å². The zero-order chi connectivity index (χ0) is 15.6. The Morgan fingerprint density at radius 3 is 2.43 bits per heavy atom. The highest BCUT2D eigenvalue weighted by atomic mass is 19.4. The van der Waals surface area contributed by atoms with Crippen LogP contribution in [0.2, 0.25) is 0 Å². The fourth-order valence-corrected chi connectivity index (χ4v) is 1.55. The van der Waals surface area contributed by atoms with Gasteiger partial charge in [0.15, 0.2) is 0 Å². The van der Waals surface area contributed by atoms with Gasteiger partial charge in [0.25, 0.3) is 0 Å². The van der Waals surface area contributed by atoms with Gasteiger partial charge in [0.2, 0.25) is 0 Å². The van der Waals surface area contributed by atoms with E-state index in [1.807, 2.05) is 0 Å². The zero-order valence-corrected chi connectivity index (χ0v) is 10.2. The van der Waals surface area contributed by atoms with Crippen LogP contribution in [0.3, 0.4) is 0 Å². The molecule has 0 spiro atoms. The summed E-state index contributed by atoms with van der Waals surface area (Å²) >= 11 is 0. The van der Waals surface area contributed by atoms with Gasteiger partial charge in [0, 0.05) is 0 Å². The third-order valence-electron chi connectivity index (χ3n) is 2.36. The third kappa shape index (κ3) is 3.61. The van der Waals surface area contributed by atoms with E-state index in [1.165, 1.54) is 12.1 Å². The number of alkyl halides is 3. The summed E-state index contributed by atoms with van der Waals surface area (Å²) in [5.74, 6) is -1.93. The molecule has 0 fully saturated rings. The van der Waals surface area contributed by atoms with Gasteiger partial charge in [-0.05, 0) is 24.3 Å². The lowest BCUT2D eigenvalue weighted by atomic mass is 10.3. The molecule has 0 atom stereocenters. The Balaban J connectivity index is 2.25. The van der Waals surface area contributed by atoms with E-state index in [0.29, 0.717) is 4.68 Å². The smallest absolute Gasteiger partial charge is 0.548 e. The quantitative estimate of drug-likeness (QED) is 0.772. The van der Waals surface area contributed by atoms with Crippen LogP contribution in [0.15, 0.2) is 35.4 Å². The molecule has 0 radical (unpaired) electrons. The molecule has 0 aliphatic heterocycles. The first-order valence-corrected chi connectivity index (χ1v) is 5.47. The lowest BCUT2D eigenvalue weighted by Gasteiger charge is -2.09. The van der Waals surface area contributed by atoms with Gasteiger partial charge in [0.05, 0.1) is 18.2 Å². The molecule has 0 aliphatic rings. The number of hydrogen-bond donors (Lipinski definition) is 0. The molecule has 2 aromatic rings. The fraction of sp³-hybridized carbons (Fsp3) is 0.182. The van der Waals surface area contributed by atoms with Crippen molar-refractivity contribution in [1.29, 1.82) is 0 Å². The van der Waals surface area contributed by atoms with E-state index in [0.717, 1.165) is 23.0 Å². The minimum atomic E-state index is -4.81. The molecule has 1 aromatic carbocycles. The van der Waals surface area contributed by atoms with Crippen LogP contribution >= 0.6 is 0 Å². The first-order valence-electron chi connectivity index (χ1n) is 5.47. The predicted molar refractivity (Wildman–Crippen MR) is 59.5 cm³/mol. The van der Waals surface area contributed by atoms with Gasteiger partial charge in [-0.2, -0.15) is 5.10 Å². The summed E-state index contributed by atoms with van der Waals surface area (Å²) in [4.78, 5) is 22.2. The Morgan fingerprint density at radius 1 is 1.29 bits per heavy atom. The highest BCUT2D eigenvalue weighted by molar-refractivity contribution is 5.63. The lowest BCUT2D eigenvalue weighted by molar-refractivity contribution is -0.306. The Hall–Kier alpha value is -2.78. The number of halogens is 3. The minimum Gasteiger partial charge on any atom is -0.548 e. The largest absolute Gasteiger partial charge is 0.573 e.